The molecule has 1 fully saturated rings. The minimum absolute atomic E-state index is 0.00379. The minimum atomic E-state index is -4.18. The van der Waals surface area contributed by atoms with Crippen LogP contribution in [0.15, 0.2) is 82.6 Å². The lowest BCUT2D eigenvalue weighted by molar-refractivity contribution is -0.114. The monoisotopic (exact) mass is 573 g/mol. The molecule has 0 spiro atoms. The molecule has 39 heavy (non-hydrogen) atoms. The normalized spacial score (nSPS) is 14.4. The maximum atomic E-state index is 13.7. The fourth-order valence-electron chi connectivity index (χ4n) is 4.37. The van der Waals surface area contributed by atoms with E-state index in [2.05, 4.69) is 5.32 Å². The Bertz CT molecular complexity index is 1520. The van der Waals surface area contributed by atoms with Gasteiger partial charge in [-0.3, -0.25) is 9.10 Å². The van der Waals surface area contributed by atoms with Gasteiger partial charge in [0.15, 0.2) is 0 Å². The Morgan fingerprint density at radius 1 is 0.821 bits per heavy atom. The third kappa shape index (κ3) is 6.18. The summed E-state index contributed by atoms with van der Waals surface area (Å²) >= 11 is 0. The second kappa shape index (κ2) is 12.1. The number of piperidine rings is 1. The number of para-hydroxylation sites is 2. The number of hydrogen-bond donors (Lipinski definition) is 1. The number of ether oxygens (including phenoxy) is 2. The molecule has 208 valence electrons. The lowest BCUT2D eigenvalue weighted by Gasteiger charge is -2.27. The first-order valence-electron chi connectivity index (χ1n) is 12.4. The molecule has 4 rings (SSSR count). The van der Waals surface area contributed by atoms with E-state index in [1.54, 1.807) is 42.5 Å². The van der Waals surface area contributed by atoms with E-state index in [4.69, 9.17) is 9.47 Å². The maximum absolute atomic E-state index is 13.7. The van der Waals surface area contributed by atoms with Crippen LogP contribution >= 0.6 is 0 Å². The van der Waals surface area contributed by atoms with Crippen LogP contribution in [0.25, 0.3) is 0 Å². The Balaban J connectivity index is 1.67. The van der Waals surface area contributed by atoms with Gasteiger partial charge in [-0.25, -0.2) is 16.8 Å². The predicted octanol–water partition coefficient (Wildman–Crippen LogP) is 3.71. The van der Waals surface area contributed by atoms with Crippen molar-refractivity contribution in [1.82, 2.24) is 4.31 Å². The van der Waals surface area contributed by atoms with E-state index in [0.717, 1.165) is 23.6 Å². The third-order valence-electron chi connectivity index (χ3n) is 6.37. The molecule has 0 aromatic heterocycles. The molecule has 0 atom stereocenters. The number of nitrogens with one attached hydrogen (secondary N) is 1. The number of rotatable bonds is 10. The van der Waals surface area contributed by atoms with Gasteiger partial charge in [0.05, 0.1) is 35.4 Å². The Labute approximate surface area is 229 Å². The van der Waals surface area contributed by atoms with Gasteiger partial charge in [-0.2, -0.15) is 4.31 Å². The molecule has 3 aromatic carbocycles. The molecular weight excluding hydrogens is 542 g/mol. The molecule has 0 unspecified atom stereocenters. The van der Waals surface area contributed by atoms with Gasteiger partial charge in [-0.15, -0.1) is 0 Å². The van der Waals surface area contributed by atoms with Crippen molar-refractivity contribution >= 4 is 37.3 Å². The smallest absolute Gasteiger partial charge is 0.264 e. The van der Waals surface area contributed by atoms with Gasteiger partial charge in [-0.1, -0.05) is 36.8 Å². The molecule has 1 amide bonds. The van der Waals surface area contributed by atoms with Crippen molar-refractivity contribution in [3.63, 3.8) is 0 Å². The Morgan fingerprint density at radius 2 is 1.46 bits per heavy atom. The first-order chi connectivity index (χ1) is 18.7. The number of carbonyl (C=O) groups excluding carboxylic acids is 1. The highest BCUT2D eigenvalue weighted by Gasteiger charge is 2.30. The zero-order valence-corrected chi connectivity index (χ0v) is 23.4. The Kier molecular flexibility index (Phi) is 8.78. The molecule has 0 aliphatic carbocycles. The van der Waals surface area contributed by atoms with E-state index in [-0.39, 0.29) is 32.7 Å². The van der Waals surface area contributed by atoms with Crippen molar-refractivity contribution in [3.8, 4) is 11.5 Å². The Hall–Kier alpha value is -3.61. The summed E-state index contributed by atoms with van der Waals surface area (Å²) < 4.78 is 66.9. The number of nitrogens with zero attached hydrogens (tertiary/aromatic N) is 2. The highest BCUT2D eigenvalue weighted by atomic mass is 32.2. The van der Waals surface area contributed by atoms with Gasteiger partial charge in [0.25, 0.3) is 10.0 Å². The van der Waals surface area contributed by atoms with Crippen molar-refractivity contribution in [2.75, 3.05) is 43.5 Å². The van der Waals surface area contributed by atoms with Crippen molar-refractivity contribution in [2.45, 2.75) is 29.1 Å². The van der Waals surface area contributed by atoms with Crippen molar-refractivity contribution in [3.05, 3.63) is 72.8 Å². The van der Waals surface area contributed by atoms with Gasteiger partial charge < -0.3 is 14.8 Å². The molecule has 12 heteroatoms. The van der Waals surface area contributed by atoms with E-state index < -0.39 is 32.5 Å². The second-order valence-corrected chi connectivity index (χ2v) is 12.7. The van der Waals surface area contributed by atoms with E-state index in [0.29, 0.717) is 13.1 Å². The van der Waals surface area contributed by atoms with Crippen LogP contribution in [0.4, 0.5) is 11.4 Å². The van der Waals surface area contributed by atoms with E-state index in [1.165, 1.54) is 48.9 Å². The quantitative estimate of drug-likeness (QED) is 0.392. The lowest BCUT2D eigenvalue weighted by atomic mass is 10.2. The molecule has 1 N–H and O–H groups in total. The van der Waals surface area contributed by atoms with Crippen LogP contribution in [-0.4, -0.2) is 60.9 Å². The molecule has 1 aliphatic rings. The second-order valence-electron chi connectivity index (χ2n) is 8.87. The molecule has 0 radical (unpaired) electrons. The molecule has 10 nitrogen and oxygen atoms in total. The van der Waals surface area contributed by atoms with Gasteiger partial charge in [-0.05, 0) is 55.3 Å². The number of amides is 1. The van der Waals surface area contributed by atoms with Crippen LogP contribution < -0.4 is 19.1 Å². The van der Waals surface area contributed by atoms with Gasteiger partial charge >= 0.3 is 0 Å². The van der Waals surface area contributed by atoms with Crippen LogP contribution in [0.3, 0.4) is 0 Å². The highest BCUT2D eigenvalue weighted by molar-refractivity contribution is 7.93. The number of carbonyl (C=O) groups is 1. The zero-order chi connectivity index (χ0) is 28.0. The summed E-state index contributed by atoms with van der Waals surface area (Å²) in [5, 5.41) is 2.64. The summed E-state index contributed by atoms with van der Waals surface area (Å²) in [7, 11) is -5.15. The highest BCUT2D eigenvalue weighted by Crippen LogP contribution is 2.33. The van der Waals surface area contributed by atoms with Crippen molar-refractivity contribution in [2.24, 2.45) is 0 Å². The summed E-state index contributed by atoms with van der Waals surface area (Å²) in [6.07, 6.45) is 2.55. The first-order valence-corrected chi connectivity index (χ1v) is 15.3. The average molecular weight is 574 g/mol. The molecular formula is C27H31N3O7S2. The third-order valence-corrected chi connectivity index (χ3v) is 10.0. The van der Waals surface area contributed by atoms with Crippen LogP contribution in [0, 0.1) is 0 Å². The summed E-state index contributed by atoms with van der Waals surface area (Å²) in [5.74, 6) is -0.209. The Morgan fingerprint density at radius 3 is 2.13 bits per heavy atom. The summed E-state index contributed by atoms with van der Waals surface area (Å²) in [6.45, 7) is 0.256. The predicted molar refractivity (Wildman–Crippen MR) is 148 cm³/mol. The van der Waals surface area contributed by atoms with Crippen molar-refractivity contribution < 1.29 is 31.1 Å². The van der Waals surface area contributed by atoms with Crippen LogP contribution in [-0.2, 0) is 24.8 Å². The van der Waals surface area contributed by atoms with Crippen molar-refractivity contribution in [1.29, 1.82) is 0 Å². The molecule has 0 saturated carbocycles. The first kappa shape index (κ1) is 28.4. The number of anilines is 2. The van der Waals surface area contributed by atoms with E-state index >= 15 is 0 Å². The summed E-state index contributed by atoms with van der Waals surface area (Å²) in [4.78, 5) is 13.3. The molecule has 1 heterocycles. The summed E-state index contributed by atoms with van der Waals surface area (Å²) in [5.41, 5.74) is 0.282. The number of sulfonamides is 2. The van der Waals surface area contributed by atoms with E-state index in [1.807, 2.05) is 0 Å². The standard InChI is InChI=1S/C27H31N3O7S2/c1-36-25-16-15-22(38(32,33)29-17-9-4-10-18-29)19-23(25)28-27(31)20-30(24-13-7-8-14-26(24)37-2)39(34,35)21-11-5-3-6-12-21/h3,5-8,11-16,19H,4,9-10,17-18,20H2,1-2H3,(H,28,31). The average Bonchev–Trinajstić information content (AvgIpc) is 2.96. The summed E-state index contributed by atoms with van der Waals surface area (Å²) in [6, 6.07) is 18.4. The van der Waals surface area contributed by atoms with Gasteiger partial charge in [0, 0.05) is 13.1 Å². The topological polar surface area (TPSA) is 122 Å². The van der Waals surface area contributed by atoms with Crippen LogP contribution in [0.2, 0.25) is 0 Å². The number of methoxy groups -OCH3 is 2. The van der Waals surface area contributed by atoms with Crippen LogP contribution in [0.5, 0.6) is 11.5 Å². The number of benzene rings is 3. The fourth-order valence-corrected chi connectivity index (χ4v) is 7.37. The SMILES string of the molecule is COc1ccc(S(=O)(=O)N2CCCCC2)cc1NC(=O)CN(c1ccccc1OC)S(=O)(=O)c1ccccc1. The molecule has 3 aromatic rings. The largest absolute Gasteiger partial charge is 0.495 e. The lowest BCUT2D eigenvalue weighted by Crippen LogP contribution is -2.38. The van der Waals surface area contributed by atoms with Crippen LogP contribution in [0.1, 0.15) is 19.3 Å². The van der Waals surface area contributed by atoms with E-state index in [9.17, 15) is 21.6 Å². The molecule has 0 bridgehead atoms. The maximum Gasteiger partial charge on any atom is 0.264 e. The van der Waals surface area contributed by atoms with Gasteiger partial charge in [0.1, 0.15) is 18.0 Å². The molecule has 1 aliphatic heterocycles. The molecule has 1 saturated heterocycles. The number of hydrogen-bond acceptors (Lipinski definition) is 7. The minimum Gasteiger partial charge on any atom is -0.495 e. The van der Waals surface area contributed by atoms with Gasteiger partial charge in [0.2, 0.25) is 15.9 Å². The zero-order valence-electron chi connectivity index (χ0n) is 21.7. The fraction of sp³-hybridized carbons (Fsp3) is 0.296.